The first-order valence-electron chi connectivity index (χ1n) is 12.8. The number of benzodiazepines with no additional fused rings is 1. The Hall–Kier alpha value is -2.68. The van der Waals surface area contributed by atoms with E-state index in [1.165, 1.54) is 0 Å². The van der Waals surface area contributed by atoms with Crippen LogP contribution in [0.3, 0.4) is 0 Å². The zero-order chi connectivity index (χ0) is 27.5. The van der Waals surface area contributed by atoms with Crippen molar-refractivity contribution in [1.82, 2.24) is 15.5 Å². The molecule has 1 amide bonds. The van der Waals surface area contributed by atoms with Gasteiger partial charge in [-0.25, -0.2) is 4.99 Å². The van der Waals surface area contributed by atoms with Gasteiger partial charge in [-0.1, -0.05) is 71.2 Å². The summed E-state index contributed by atoms with van der Waals surface area (Å²) in [6.07, 6.45) is 1.32. The number of carbonyl (C=O) groups is 1. The van der Waals surface area contributed by atoms with Crippen LogP contribution in [0.25, 0.3) is 0 Å². The van der Waals surface area contributed by atoms with Crippen LogP contribution in [0.1, 0.15) is 35.6 Å². The lowest BCUT2D eigenvalue weighted by Gasteiger charge is -2.30. The van der Waals surface area contributed by atoms with Crippen molar-refractivity contribution >= 4 is 69.4 Å². The van der Waals surface area contributed by atoms with Gasteiger partial charge in [0.25, 0.3) is 5.91 Å². The Balaban J connectivity index is 1.42. The highest BCUT2D eigenvalue weighted by Crippen LogP contribution is 2.32. The third-order valence-corrected chi connectivity index (χ3v) is 8.27. The number of rotatable bonds is 6. The lowest BCUT2D eigenvalue weighted by Crippen LogP contribution is -2.50. The van der Waals surface area contributed by atoms with Gasteiger partial charge in [0.1, 0.15) is 0 Å². The Morgan fingerprint density at radius 3 is 2.41 bits per heavy atom. The van der Waals surface area contributed by atoms with E-state index in [0.717, 1.165) is 36.5 Å². The number of nitrogens with zero attached hydrogens (tertiary/aromatic N) is 3. The standard InChI is InChI=1S/C29H28Cl3N5OS/c1-36-24-13-12-18(30)16-21(24)26(20-9-3-5-11-23(20)32)34-27(28(36)38)35-29(39)33-17-25(37-14-6-7-15-37)19-8-2-4-10-22(19)31/h2-5,8-13,16,25,27H,6-7,14-15,17H2,1H3,(H2,33,35,39). The summed E-state index contributed by atoms with van der Waals surface area (Å²) >= 11 is 25.2. The van der Waals surface area contributed by atoms with Crippen molar-refractivity contribution in [3.05, 3.63) is 98.5 Å². The highest BCUT2D eigenvalue weighted by Gasteiger charge is 2.32. The first-order chi connectivity index (χ1) is 18.8. The Morgan fingerprint density at radius 2 is 1.69 bits per heavy atom. The second-order valence-electron chi connectivity index (χ2n) is 9.55. The number of halogens is 3. The van der Waals surface area contributed by atoms with Crippen molar-refractivity contribution in [2.24, 2.45) is 4.99 Å². The molecule has 0 saturated carbocycles. The fraction of sp³-hybridized carbons (Fsp3) is 0.276. The van der Waals surface area contributed by atoms with Gasteiger partial charge in [0.2, 0.25) is 6.17 Å². The molecule has 2 N–H and O–H groups in total. The minimum absolute atomic E-state index is 0.0436. The predicted molar refractivity (Wildman–Crippen MR) is 164 cm³/mol. The van der Waals surface area contributed by atoms with Crippen molar-refractivity contribution < 1.29 is 4.79 Å². The Bertz CT molecular complexity index is 1430. The number of likely N-dealkylation sites (tertiary alicyclic amines) is 1. The number of hydrogen-bond donors (Lipinski definition) is 2. The molecular weight excluding hydrogens is 573 g/mol. The molecule has 2 atom stereocenters. The van der Waals surface area contributed by atoms with Crippen LogP contribution in [-0.4, -0.2) is 54.5 Å². The molecule has 0 aromatic heterocycles. The molecule has 3 aromatic rings. The molecule has 1 fully saturated rings. The number of likely N-dealkylation sites (N-methyl/N-ethyl adjacent to an activating group) is 1. The molecule has 0 aliphatic carbocycles. The molecule has 3 aromatic carbocycles. The van der Waals surface area contributed by atoms with E-state index in [1.807, 2.05) is 42.5 Å². The summed E-state index contributed by atoms with van der Waals surface area (Å²) in [6, 6.07) is 20.7. The fourth-order valence-electron chi connectivity index (χ4n) is 5.11. The highest BCUT2D eigenvalue weighted by molar-refractivity contribution is 7.80. The molecule has 10 heteroatoms. The highest BCUT2D eigenvalue weighted by atomic mass is 35.5. The molecule has 2 aliphatic rings. The van der Waals surface area contributed by atoms with E-state index in [-0.39, 0.29) is 11.9 Å². The SMILES string of the molecule is CN1C(=O)C(NC(=S)NCC(c2ccccc2Cl)N2CCCC2)N=C(c2ccccc2Cl)c2cc(Cl)ccc21. The van der Waals surface area contributed by atoms with E-state index in [2.05, 4.69) is 21.6 Å². The average molecular weight is 601 g/mol. The number of thiocarbonyl (C=S) groups is 1. The number of amides is 1. The number of nitrogens with one attached hydrogen (secondary N) is 2. The molecule has 0 bridgehead atoms. The number of carbonyl (C=O) groups excluding carboxylic acids is 1. The van der Waals surface area contributed by atoms with Crippen molar-refractivity contribution in [3.8, 4) is 0 Å². The van der Waals surface area contributed by atoms with Crippen LogP contribution in [0.15, 0.2) is 71.7 Å². The Morgan fingerprint density at radius 1 is 1.00 bits per heavy atom. The van der Waals surface area contributed by atoms with Crippen molar-refractivity contribution in [2.45, 2.75) is 25.0 Å². The summed E-state index contributed by atoms with van der Waals surface area (Å²) < 4.78 is 0. The molecule has 2 unspecified atom stereocenters. The van der Waals surface area contributed by atoms with Crippen LogP contribution in [0.2, 0.25) is 15.1 Å². The van der Waals surface area contributed by atoms with Gasteiger partial charge in [-0.2, -0.15) is 0 Å². The van der Waals surface area contributed by atoms with Crippen molar-refractivity contribution in [2.75, 3.05) is 31.6 Å². The quantitative estimate of drug-likeness (QED) is 0.336. The van der Waals surface area contributed by atoms with Gasteiger partial charge >= 0.3 is 0 Å². The molecule has 1 saturated heterocycles. The Kier molecular flexibility index (Phi) is 8.74. The second kappa shape index (κ2) is 12.2. The topological polar surface area (TPSA) is 60.0 Å². The summed E-state index contributed by atoms with van der Waals surface area (Å²) in [5.74, 6) is -0.257. The minimum Gasteiger partial charge on any atom is -0.361 e. The summed E-state index contributed by atoms with van der Waals surface area (Å²) in [5, 5.41) is 8.55. The summed E-state index contributed by atoms with van der Waals surface area (Å²) in [5.41, 5.74) is 3.70. The van der Waals surface area contributed by atoms with E-state index >= 15 is 0 Å². The van der Waals surface area contributed by atoms with Gasteiger partial charge in [-0.05, 0) is 74.0 Å². The average Bonchev–Trinajstić information content (AvgIpc) is 3.44. The van der Waals surface area contributed by atoms with Crippen LogP contribution in [0.4, 0.5) is 5.69 Å². The molecule has 0 radical (unpaired) electrons. The molecular formula is C29H28Cl3N5OS. The normalized spacial score (nSPS) is 18.3. The smallest absolute Gasteiger partial charge is 0.272 e. The summed E-state index contributed by atoms with van der Waals surface area (Å²) in [4.78, 5) is 22.4. The first-order valence-corrected chi connectivity index (χ1v) is 14.3. The van der Waals surface area contributed by atoms with E-state index < -0.39 is 6.17 Å². The molecule has 2 aliphatic heterocycles. The molecule has 39 heavy (non-hydrogen) atoms. The third kappa shape index (κ3) is 6.08. The maximum absolute atomic E-state index is 13.6. The lowest BCUT2D eigenvalue weighted by atomic mass is 10.00. The number of benzene rings is 3. The zero-order valence-corrected chi connectivity index (χ0v) is 24.4. The van der Waals surface area contributed by atoms with Crippen LogP contribution < -0.4 is 15.5 Å². The van der Waals surface area contributed by atoms with E-state index in [9.17, 15) is 4.79 Å². The number of aliphatic imine (C=N–C) groups is 1. The van der Waals surface area contributed by atoms with Gasteiger partial charge < -0.3 is 15.5 Å². The minimum atomic E-state index is -0.974. The summed E-state index contributed by atoms with van der Waals surface area (Å²) in [6.45, 7) is 2.52. The monoisotopic (exact) mass is 599 g/mol. The van der Waals surface area contributed by atoms with Crippen molar-refractivity contribution in [3.63, 3.8) is 0 Å². The van der Waals surface area contributed by atoms with Crippen molar-refractivity contribution in [1.29, 1.82) is 0 Å². The van der Waals surface area contributed by atoms with Crippen LogP contribution in [-0.2, 0) is 4.79 Å². The van der Waals surface area contributed by atoms with E-state index in [0.29, 0.717) is 44.2 Å². The molecule has 5 rings (SSSR count). The van der Waals surface area contributed by atoms with Gasteiger partial charge in [0, 0.05) is 39.8 Å². The zero-order valence-electron chi connectivity index (χ0n) is 21.3. The van der Waals surface area contributed by atoms with Gasteiger partial charge in [0.05, 0.1) is 17.4 Å². The predicted octanol–water partition coefficient (Wildman–Crippen LogP) is 6.09. The second-order valence-corrected chi connectivity index (χ2v) is 11.2. The first kappa shape index (κ1) is 27.9. The maximum atomic E-state index is 13.6. The number of fused-ring (bicyclic) bond motifs is 1. The Labute approximate surface area is 248 Å². The van der Waals surface area contributed by atoms with Gasteiger partial charge in [-0.15, -0.1) is 0 Å². The van der Waals surface area contributed by atoms with E-state index in [4.69, 9.17) is 52.0 Å². The maximum Gasteiger partial charge on any atom is 0.272 e. The fourth-order valence-corrected chi connectivity index (χ4v) is 5.96. The van der Waals surface area contributed by atoms with Gasteiger partial charge in [0.15, 0.2) is 5.11 Å². The number of anilines is 1. The van der Waals surface area contributed by atoms with Crippen LogP contribution >= 0.6 is 47.0 Å². The lowest BCUT2D eigenvalue weighted by molar-refractivity contribution is -0.119. The van der Waals surface area contributed by atoms with Crippen LogP contribution in [0.5, 0.6) is 0 Å². The number of hydrogen-bond acceptors (Lipinski definition) is 4. The van der Waals surface area contributed by atoms with Crippen LogP contribution in [0, 0.1) is 0 Å². The third-order valence-electron chi connectivity index (χ3n) is 7.10. The molecule has 202 valence electrons. The molecule has 2 heterocycles. The largest absolute Gasteiger partial charge is 0.361 e. The van der Waals surface area contributed by atoms with Gasteiger partial charge in [-0.3, -0.25) is 9.69 Å². The molecule has 0 spiro atoms. The molecule has 6 nitrogen and oxygen atoms in total. The van der Waals surface area contributed by atoms with E-state index in [1.54, 1.807) is 30.1 Å². The summed E-state index contributed by atoms with van der Waals surface area (Å²) in [7, 11) is 1.71.